The highest BCUT2D eigenvalue weighted by molar-refractivity contribution is 7.92. The van der Waals surface area contributed by atoms with E-state index in [1.807, 2.05) is 37.3 Å². The summed E-state index contributed by atoms with van der Waals surface area (Å²) in [7, 11) is -2.00. The van der Waals surface area contributed by atoms with Crippen molar-refractivity contribution < 1.29 is 17.9 Å². The molecule has 0 saturated heterocycles. The number of ether oxygens (including phenoxy) is 1. The summed E-state index contributed by atoms with van der Waals surface area (Å²) in [6.45, 7) is 3.89. The van der Waals surface area contributed by atoms with E-state index in [4.69, 9.17) is 4.74 Å². The van der Waals surface area contributed by atoms with E-state index in [1.165, 1.54) is 0 Å². The minimum absolute atomic E-state index is 0.338. The van der Waals surface area contributed by atoms with Crippen molar-refractivity contribution in [1.82, 2.24) is 5.32 Å². The molecule has 0 fully saturated rings. The Labute approximate surface area is 161 Å². The second-order valence-corrected chi connectivity index (χ2v) is 8.32. The van der Waals surface area contributed by atoms with Crippen LogP contribution in [-0.2, 0) is 21.2 Å². The molecule has 0 aliphatic rings. The summed E-state index contributed by atoms with van der Waals surface area (Å²) in [5.41, 5.74) is 2.46. The second kappa shape index (κ2) is 8.90. The monoisotopic (exact) mass is 390 g/mol. The van der Waals surface area contributed by atoms with Gasteiger partial charge in [-0.05, 0) is 55.7 Å². The first-order chi connectivity index (χ1) is 12.7. The number of carbonyl (C=O) groups excluding carboxylic acids is 1. The zero-order valence-electron chi connectivity index (χ0n) is 16.1. The third-order valence-corrected chi connectivity index (χ3v) is 5.46. The van der Waals surface area contributed by atoms with Crippen molar-refractivity contribution in [3.8, 4) is 5.75 Å². The molecule has 0 spiro atoms. The maximum absolute atomic E-state index is 12.5. The zero-order valence-corrected chi connectivity index (χ0v) is 16.9. The molecule has 1 N–H and O–H groups in total. The molecule has 0 aliphatic carbocycles. The molecule has 0 saturated carbocycles. The minimum Gasteiger partial charge on any atom is -0.497 e. The quantitative estimate of drug-likeness (QED) is 0.751. The summed E-state index contributed by atoms with van der Waals surface area (Å²) in [4.78, 5) is 12.5. The van der Waals surface area contributed by atoms with Crippen molar-refractivity contribution in [2.75, 3.05) is 24.2 Å². The Morgan fingerprint density at radius 2 is 1.85 bits per heavy atom. The third kappa shape index (κ3) is 5.72. The molecule has 2 rings (SSSR count). The number of benzene rings is 2. The zero-order chi connectivity index (χ0) is 20.0. The van der Waals surface area contributed by atoms with Crippen molar-refractivity contribution in [1.29, 1.82) is 0 Å². The topological polar surface area (TPSA) is 75.7 Å². The molecule has 2 aromatic rings. The lowest BCUT2D eigenvalue weighted by Crippen LogP contribution is -2.48. The number of aryl methyl sites for hydroxylation is 1. The molecule has 0 aromatic heterocycles. The van der Waals surface area contributed by atoms with Gasteiger partial charge in [-0.25, -0.2) is 8.42 Å². The van der Waals surface area contributed by atoms with Crippen molar-refractivity contribution in [3.63, 3.8) is 0 Å². The average molecular weight is 391 g/mol. The highest BCUT2D eigenvalue weighted by atomic mass is 32.2. The van der Waals surface area contributed by atoms with E-state index in [-0.39, 0.29) is 5.91 Å². The number of hydrogen-bond acceptors (Lipinski definition) is 4. The number of rotatable bonds is 8. The van der Waals surface area contributed by atoms with Gasteiger partial charge in [0.2, 0.25) is 15.9 Å². The van der Waals surface area contributed by atoms with E-state index in [1.54, 1.807) is 32.2 Å². The van der Waals surface area contributed by atoms with E-state index >= 15 is 0 Å². The van der Waals surface area contributed by atoms with Crippen LogP contribution in [0.25, 0.3) is 0 Å². The molecule has 0 heterocycles. The third-order valence-electron chi connectivity index (χ3n) is 4.22. The first-order valence-electron chi connectivity index (χ1n) is 8.69. The molecule has 7 heteroatoms. The van der Waals surface area contributed by atoms with Gasteiger partial charge < -0.3 is 10.1 Å². The lowest BCUT2D eigenvalue weighted by molar-refractivity contribution is -0.121. The molecule has 1 atom stereocenters. The highest BCUT2D eigenvalue weighted by Crippen LogP contribution is 2.22. The van der Waals surface area contributed by atoms with E-state index in [0.717, 1.165) is 27.4 Å². The maximum Gasteiger partial charge on any atom is 0.243 e. The van der Waals surface area contributed by atoms with Gasteiger partial charge in [0, 0.05) is 6.54 Å². The molecular formula is C20H26N2O4S. The van der Waals surface area contributed by atoms with Gasteiger partial charge in [0.05, 0.1) is 19.1 Å². The Kier molecular flexibility index (Phi) is 6.85. The second-order valence-electron chi connectivity index (χ2n) is 6.46. The molecule has 0 bridgehead atoms. The molecule has 27 heavy (non-hydrogen) atoms. The first kappa shape index (κ1) is 20.8. The number of methoxy groups -OCH3 is 1. The van der Waals surface area contributed by atoms with E-state index in [2.05, 4.69) is 5.32 Å². The Bertz CT molecular complexity index is 879. The first-order valence-corrected chi connectivity index (χ1v) is 10.5. The van der Waals surface area contributed by atoms with Crippen molar-refractivity contribution in [2.45, 2.75) is 26.3 Å². The van der Waals surface area contributed by atoms with Gasteiger partial charge in [0.25, 0.3) is 0 Å². The Hall–Kier alpha value is -2.54. The number of anilines is 1. The minimum atomic E-state index is -3.61. The van der Waals surface area contributed by atoms with Crippen LogP contribution in [0.1, 0.15) is 18.1 Å². The maximum atomic E-state index is 12.5. The van der Waals surface area contributed by atoms with Crippen molar-refractivity contribution >= 4 is 21.6 Å². The average Bonchev–Trinajstić information content (AvgIpc) is 2.61. The van der Waals surface area contributed by atoms with Gasteiger partial charge in [-0.2, -0.15) is 0 Å². The van der Waals surface area contributed by atoms with Crippen LogP contribution in [0.5, 0.6) is 5.75 Å². The Morgan fingerprint density at radius 3 is 2.41 bits per heavy atom. The molecule has 146 valence electrons. The summed E-state index contributed by atoms with van der Waals surface area (Å²) in [6, 6.07) is 13.8. The number of nitrogens with zero attached hydrogens (tertiary/aromatic N) is 1. The fourth-order valence-corrected chi connectivity index (χ4v) is 4.01. The fraction of sp³-hybridized carbons (Fsp3) is 0.350. The van der Waals surface area contributed by atoms with Gasteiger partial charge >= 0.3 is 0 Å². The number of carbonyl (C=O) groups is 1. The molecule has 1 amide bonds. The normalized spacial score (nSPS) is 12.3. The Morgan fingerprint density at radius 1 is 1.19 bits per heavy atom. The van der Waals surface area contributed by atoms with Crippen LogP contribution in [0.4, 0.5) is 5.69 Å². The van der Waals surface area contributed by atoms with E-state index in [0.29, 0.717) is 18.7 Å². The standard InChI is InChI=1S/C20H26N2O4S/c1-15-6-5-7-18(14-15)22(27(4,24)25)16(2)20(23)21-13-12-17-8-10-19(26-3)11-9-17/h5-11,14,16H,12-13H2,1-4H3,(H,21,23)/t16-/m0/s1. The van der Waals surface area contributed by atoms with E-state index in [9.17, 15) is 13.2 Å². The molecule has 0 unspecified atom stereocenters. The SMILES string of the molecule is COc1ccc(CCNC(=O)[C@H](C)N(c2cccc(C)c2)S(C)(=O)=O)cc1. The summed E-state index contributed by atoms with van der Waals surface area (Å²) in [6.07, 6.45) is 1.75. The van der Waals surface area contributed by atoms with Gasteiger partial charge in [0.15, 0.2) is 0 Å². The summed E-state index contributed by atoms with van der Waals surface area (Å²) in [5, 5.41) is 2.82. The summed E-state index contributed by atoms with van der Waals surface area (Å²) in [5.74, 6) is 0.439. The number of hydrogen-bond donors (Lipinski definition) is 1. The van der Waals surface area contributed by atoms with E-state index < -0.39 is 16.1 Å². The van der Waals surface area contributed by atoms with Gasteiger partial charge in [-0.15, -0.1) is 0 Å². The smallest absolute Gasteiger partial charge is 0.243 e. The molecule has 6 nitrogen and oxygen atoms in total. The lowest BCUT2D eigenvalue weighted by atomic mass is 10.1. The van der Waals surface area contributed by atoms with Crippen LogP contribution in [-0.4, -0.2) is 40.3 Å². The number of sulfonamides is 1. The predicted molar refractivity (Wildman–Crippen MR) is 108 cm³/mol. The largest absolute Gasteiger partial charge is 0.497 e. The molecular weight excluding hydrogens is 364 g/mol. The van der Waals surface area contributed by atoms with Crippen LogP contribution in [0.2, 0.25) is 0 Å². The summed E-state index contributed by atoms with van der Waals surface area (Å²) < 4.78 is 30.8. The number of nitrogens with one attached hydrogen (secondary N) is 1. The van der Waals surface area contributed by atoms with Crippen LogP contribution in [0.3, 0.4) is 0 Å². The Balaban J connectivity index is 2.04. The van der Waals surface area contributed by atoms with Crippen molar-refractivity contribution in [2.24, 2.45) is 0 Å². The summed E-state index contributed by atoms with van der Waals surface area (Å²) >= 11 is 0. The van der Waals surface area contributed by atoms with Crippen LogP contribution < -0.4 is 14.4 Å². The molecule has 2 aromatic carbocycles. The number of amides is 1. The van der Waals surface area contributed by atoms with Gasteiger partial charge in [-0.1, -0.05) is 24.3 Å². The lowest BCUT2D eigenvalue weighted by Gasteiger charge is -2.28. The van der Waals surface area contributed by atoms with Crippen LogP contribution in [0, 0.1) is 6.92 Å². The van der Waals surface area contributed by atoms with Gasteiger partial charge in [0.1, 0.15) is 11.8 Å². The predicted octanol–water partition coefficient (Wildman–Crippen LogP) is 2.52. The molecule has 0 aliphatic heterocycles. The van der Waals surface area contributed by atoms with Crippen LogP contribution in [0.15, 0.2) is 48.5 Å². The highest BCUT2D eigenvalue weighted by Gasteiger charge is 2.28. The molecule has 0 radical (unpaired) electrons. The van der Waals surface area contributed by atoms with Crippen LogP contribution >= 0.6 is 0 Å². The van der Waals surface area contributed by atoms with Gasteiger partial charge in [-0.3, -0.25) is 9.10 Å². The van der Waals surface area contributed by atoms with Crippen molar-refractivity contribution in [3.05, 3.63) is 59.7 Å². The fourth-order valence-electron chi connectivity index (χ4n) is 2.84.